The van der Waals surface area contributed by atoms with E-state index >= 15 is 0 Å². The lowest BCUT2D eigenvalue weighted by Crippen LogP contribution is -2.18. The van der Waals surface area contributed by atoms with Crippen LogP contribution in [0, 0.1) is 28.1 Å². The molecule has 0 bridgehead atoms. The second-order valence-corrected chi connectivity index (χ2v) is 9.11. The van der Waals surface area contributed by atoms with Crippen LogP contribution in [0.2, 0.25) is 0 Å². The molecule has 0 spiro atoms. The summed E-state index contributed by atoms with van der Waals surface area (Å²) in [6.45, 7) is 4.38. The van der Waals surface area contributed by atoms with E-state index in [4.69, 9.17) is 0 Å². The number of nitriles is 2. The Kier molecular flexibility index (Phi) is 5.09. The maximum Gasteiger partial charge on any atom is 0.132 e. The van der Waals surface area contributed by atoms with E-state index in [2.05, 4.69) is 55.0 Å². The Morgan fingerprint density at radius 2 is 1.93 bits per heavy atom. The van der Waals surface area contributed by atoms with Crippen LogP contribution in [0.1, 0.15) is 26.7 Å². The van der Waals surface area contributed by atoms with E-state index in [1.165, 1.54) is 26.9 Å². The lowest BCUT2D eigenvalue weighted by atomic mass is 9.74. The van der Waals surface area contributed by atoms with Gasteiger partial charge in [-0.1, -0.05) is 31.7 Å². The van der Waals surface area contributed by atoms with Crippen LogP contribution in [0.15, 0.2) is 57.0 Å². The van der Waals surface area contributed by atoms with Gasteiger partial charge in [-0.2, -0.15) is 10.5 Å². The van der Waals surface area contributed by atoms with E-state index in [-0.39, 0.29) is 11.0 Å². The van der Waals surface area contributed by atoms with E-state index in [1.54, 1.807) is 11.8 Å². The number of hydrogen-bond acceptors (Lipinski definition) is 5. The van der Waals surface area contributed by atoms with Crippen molar-refractivity contribution >= 4 is 23.1 Å². The normalized spacial score (nSPS) is 19.2. The van der Waals surface area contributed by atoms with Crippen molar-refractivity contribution in [2.45, 2.75) is 31.6 Å². The molecule has 0 fully saturated rings. The first-order valence-corrected chi connectivity index (χ1v) is 9.74. The molecular weight excluding hydrogens is 352 g/mol. The Morgan fingerprint density at radius 1 is 1.22 bits per heavy atom. The Bertz CT molecular complexity index is 936. The fourth-order valence-electron chi connectivity index (χ4n) is 3.60. The SMILES string of the molecule is CN(C)c1ccc2c(c1)S/C(=C\C1=CC(=C(C#N)C#N)CC(C)(C)C1)N2C. The molecule has 1 aliphatic carbocycles. The van der Waals surface area contributed by atoms with Gasteiger partial charge in [-0.25, -0.2) is 0 Å². The van der Waals surface area contributed by atoms with Gasteiger partial charge in [0.1, 0.15) is 17.7 Å². The lowest BCUT2D eigenvalue weighted by Gasteiger charge is -2.30. The maximum absolute atomic E-state index is 9.26. The highest BCUT2D eigenvalue weighted by atomic mass is 32.2. The quantitative estimate of drug-likeness (QED) is 0.662. The van der Waals surface area contributed by atoms with Gasteiger partial charge in [0, 0.05) is 31.7 Å². The van der Waals surface area contributed by atoms with Crippen molar-refractivity contribution in [2.24, 2.45) is 5.41 Å². The summed E-state index contributed by atoms with van der Waals surface area (Å²) in [6.07, 6.45) is 5.92. The summed E-state index contributed by atoms with van der Waals surface area (Å²) in [5, 5.41) is 19.7. The maximum atomic E-state index is 9.26. The zero-order valence-electron chi connectivity index (χ0n) is 16.5. The average Bonchev–Trinajstić information content (AvgIpc) is 2.90. The van der Waals surface area contributed by atoms with Crippen molar-refractivity contribution < 1.29 is 0 Å². The Labute approximate surface area is 166 Å². The summed E-state index contributed by atoms with van der Waals surface area (Å²) in [5.74, 6) is 0. The second-order valence-electron chi connectivity index (χ2n) is 8.05. The fraction of sp³-hybridized carbons (Fsp3) is 0.364. The van der Waals surface area contributed by atoms with E-state index in [9.17, 15) is 10.5 Å². The molecule has 0 atom stereocenters. The molecule has 1 heterocycles. The number of allylic oxidation sites excluding steroid dienone is 5. The number of thioether (sulfide) groups is 1. The van der Waals surface area contributed by atoms with Crippen molar-refractivity contribution in [1.29, 1.82) is 10.5 Å². The van der Waals surface area contributed by atoms with E-state index in [0.29, 0.717) is 0 Å². The summed E-state index contributed by atoms with van der Waals surface area (Å²) in [4.78, 5) is 5.56. The van der Waals surface area contributed by atoms with Gasteiger partial charge in [0.15, 0.2) is 0 Å². The third kappa shape index (κ3) is 3.89. The van der Waals surface area contributed by atoms with Gasteiger partial charge >= 0.3 is 0 Å². The Balaban J connectivity index is 1.98. The first-order chi connectivity index (χ1) is 12.7. The third-order valence-electron chi connectivity index (χ3n) is 4.93. The van der Waals surface area contributed by atoms with Crippen molar-refractivity contribution in [2.75, 3.05) is 30.9 Å². The van der Waals surface area contributed by atoms with Crippen LogP contribution in [0.4, 0.5) is 11.4 Å². The number of nitrogens with zero attached hydrogens (tertiary/aromatic N) is 4. The van der Waals surface area contributed by atoms with Gasteiger partial charge in [-0.3, -0.25) is 0 Å². The fourth-order valence-corrected chi connectivity index (χ4v) is 4.76. The van der Waals surface area contributed by atoms with Crippen LogP contribution in [0.25, 0.3) is 0 Å². The van der Waals surface area contributed by atoms with E-state index in [0.717, 1.165) is 18.4 Å². The van der Waals surface area contributed by atoms with Crippen molar-refractivity contribution in [3.05, 3.63) is 52.1 Å². The highest BCUT2D eigenvalue weighted by Crippen LogP contribution is 2.48. The average molecular weight is 377 g/mol. The predicted octanol–water partition coefficient (Wildman–Crippen LogP) is 5.23. The molecule has 0 unspecified atom stereocenters. The van der Waals surface area contributed by atoms with Crippen LogP contribution < -0.4 is 9.80 Å². The van der Waals surface area contributed by atoms with Gasteiger partial charge in [-0.15, -0.1) is 0 Å². The van der Waals surface area contributed by atoms with E-state index < -0.39 is 0 Å². The molecule has 0 N–H and O–H groups in total. The highest BCUT2D eigenvalue weighted by molar-refractivity contribution is 8.03. The van der Waals surface area contributed by atoms with Crippen molar-refractivity contribution in [1.82, 2.24) is 0 Å². The molecule has 4 nitrogen and oxygen atoms in total. The molecule has 0 aromatic heterocycles. The molecule has 1 aromatic rings. The molecule has 2 aliphatic rings. The smallest absolute Gasteiger partial charge is 0.132 e. The molecule has 138 valence electrons. The van der Waals surface area contributed by atoms with Crippen LogP contribution in [-0.4, -0.2) is 21.1 Å². The number of benzene rings is 1. The van der Waals surface area contributed by atoms with Gasteiger partial charge in [0.05, 0.1) is 10.7 Å². The summed E-state index contributed by atoms with van der Waals surface area (Å²) in [6, 6.07) is 10.6. The zero-order valence-corrected chi connectivity index (χ0v) is 17.3. The highest BCUT2D eigenvalue weighted by Gasteiger charge is 2.28. The Morgan fingerprint density at radius 3 is 2.56 bits per heavy atom. The molecule has 1 aromatic carbocycles. The van der Waals surface area contributed by atoms with Gasteiger partial charge in [0.2, 0.25) is 0 Å². The third-order valence-corrected chi connectivity index (χ3v) is 6.08. The van der Waals surface area contributed by atoms with E-state index in [1.807, 2.05) is 32.3 Å². The second kappa shape index (κ2) is 7.18. The molecule has 3 rings (SSSR count). The first kappa shape index (κ1) is 19.1. The first-order valence-electron chi connectivity index (χ1n) is 8.92. The molecule has 1 aliphatic heterocycles. The molecule has 27 heavy (non-hydrogen) atoms. The Hall–Kier alpha value is -2.63. The minimum absolute atomic E-state index is 0.0300. The van der Waals surface area contributed by atoms with Crippen LogP contribution in [0.3, 0.4) is 0 Å². The number of anilines is 2. The summed E-state index contributed by atoms with van der Waals surface area (Å²) in [7, 11) is 6.18. The molecule has 0 amide bonds. The largest absolute Gasteiger partial charge is 0.378 e. The van der Waals surface area contributed by atoms with Crippen LogP contribution in [0.5, 0.6) is 0 Å². The summed E-state index contributed by atoms with van der Waals surface area (Å²) in [5.41, 5.74) is 4.66. The zero-order chi connectivity index (χ0) is 19.8. The minimum Gasteiger partial charge on any atom is -0.378 e. The molecule has 5 heteroatoms. The standard InChI is InChI=1S/C22H24N4S/c1-22(2)11-15(8-16(12-22)17(13-23)14-24)9-21-26(5)19-7-6-18(25(3)4)10-20(19)27-21/h6-10H,11-12H2,1-5H3/b21-9-. The van der Waals surface area contributed by atoms with Crippen molar-refractivity contribution in [3.63, 3.8) is 0 Å². The number of fused-ring (bicyclic) bond motifs is 1. The molecule has 0 saturated carbocycles. The van der Waals surface area contributed by atoms with Gasteiger partial charge in [0.25, 0.3) is 0 Å². The van der Waals surface area contributed by atoms with Gasteiger partial charge < -0.3 is 9.80 Å². The summed E-state index contributed by atoms with van der Waals surface area (Å²) >= 11 is 1.76. The summed E-state index contributed by atoms with van der Waals surface area (Å²) < 4.78 is 0. The monoisotopic (exact) mass is 376 g/mol. The predicted molar refractivity (Wildman–Crippen MR) is 112 cm³/mol. The number of rotatable bonds is 2. The van der Waals surface area contributed by atoms with Gasteiger partial charge in [-0.05, 0) is 53.7 Å². The van der Waals surface area contributed by atoms with Crippen molar-refractivity contribution in [3.8, 4) is 12.1 Å². The van der Waals surface area contributed by atoms with Crippen LogP contribution in [-0.2, 0) is 0 Å². The number of hydrogen-bond donors (Lipinski definition) is 0. The van der Waals surface area contributed by atoms with Crippen LogP contribution >= 0.6 is 11.8 Å². The molecular formula is C22H24N4S. The topological polar surface area (TPSA) is 54.1 Å². The molecule has 0 radical (unpaired) electrons. The molecule has 0 saturated heterocycles. The minimum atomic E-state index is 0.0300. The lowest BCUT2D eigenvalue weighted by molar-refractivity contribution is 0.354.